The lowest BCUT2D eigenvalue weighted by Crippen LogP contribution is -2.60. The molecule has 224 valence electrons. The molecule has 12 N–H and O–H groups in total. The maximum atomic E-state index is 13.2. The van der Waals surface area contributed by atoms with Crippen LogP contribution in [0.3, 0.4) is 0 Å². The maximum absolute atomic E-state index is 13.2. The molecule has 19 nitrogen and oxygen atoms in total. The van der Waals surface area contributed by atoms with E-state index in [-0.39, 0.29) is 36.2 Å². The molecule has 1 heterocycles. The number of carbonyl (C=O) groups is 4. The Morgan fingerprint density at radius 2 is 1.82 bits per heavy atom. The van der Waals surface area contributed by atoms with E-state index in [1.807, 2.05) is 0 Å². The number of aliphatic carboxylic acids is 2. The summed E-state index contributed by atoms with van der Waals surface area (Å²) < 4.78 is 33.7. The van der Waals surface area contributed by atoms with Gasteiger partial charge in [0.1, 0.15) is 17.8 Å². The second-order valence-corrected chi connectivity index (χ2v) is 10.7. The average Bonchev–Trinajstić information content (AvgIpc) is 3.23. The van der Waals surface area contributed by atoms with Crippen LogP contribution in [-0.4, -0.2) is 93.9 Å². The Morgan fingerprint density at radius 1 is 1.20 bits per heavy atom. The van der Waals surface area contributed by atoms with Gasteiger partial charge in [-0.15, -0.1) is 11.3 Å². The lowest BCUT2D eigenvalue weighted by molar-refractivity contribution is -0.161. The predicted molar refractivity (Wildman–Crippen MR) is 141 cm³/mol. The Morgan fingerprint density at radius 3 is 2.30 bits per heavy atom. The fraction of sp³-hybridized carbons (Fsp3) is 0.526. The monoisotopic (exact) mass is 609 g/mol. The number of hydrogen-bond acceptors (Lipinski definition) is 12. The van der Waals surface area contributed by atoms with Crippen molar-refractivity contribution >= 4 is 62.2 Å². The molecule has 0 saturated carbocycles. The van der Waals surface area contributed by atoms with Crippen LogP contribution in [0, 0.1) is 0 Å². The van der Waals surface area contributed by atoms with Crippen LogP contribution < -0.4 is 32.6 Å². The van der Waals surface area contributed by atoms with Gasteiger partial charge in [-0.05, 0) is 33.6 Å². The summed E-state index contributed by atoms with van der Waals surface area (Å²) >= 11 is 0.892. The second kappa shape index (κ2) is 14.3. The fourth-order valence-electron chi connectivity index (χ4n) is 2.75. The van der Waals surface area contributed by atoms with E-state index in [4.69, 9.17) is 22.0 Å². The van der Waals surface area contributed by atoms with Crippen LogP contribution in [0.25, 0.3) is 0 Å². The molecule has 0 radical (unpaired) electrons. The Balaban J connectivity index is 3.34. The van der Waals surface area contributed by atoms with Crippen LogP contribution in [0.5, 0.6) is 0 Å². The minimum Gasteiger partial charge on any atom is -0.480 e. The third-order valence-electron chi connectivity index (χ3n) is 4.82. The molecule has 1 aromatic heterocycles. The first-order valence-corrected chi connectivity index (χ1v) is 13.5. The molecule has 3 atom stereocenters. The van der Waals surface area contributed by atoms with Crippen LogP contribution in [0.4, 0.5) is 5.13 Å². The van der Waals surface area contributed by atoms with Crippen LogP contribution in [0.2, 0.25) is 0 Å². The molecule has 0 aromatic carbocycles. The zero-order chi connectivity index (χ0) is 30.8. The number of aromatic nitrogens is 1. The molecule has 1 aromatic rings. The zero-order valence-corrected chi connectivity index (χ0v) is 23.2. The summed E-state index contributed by atoms with van der Waals surface area (Å²) in [5, 5.41) is 27.9. The number of aliphatic imine (C=N–C) groups is 1. The number of amides is 2. The number of guanidine groups is 1. The van der Waals surface area contributed by atoms with E-state index in [0.29, 0.717) is 0 Å². The summed E-state index contributed by atoms with van der Waals surface area (Å²) in [6.07, 6.45) is -0.0225. The van der Waals surface area contributed by atoms with E-state index in [9.17, 15) is 42.4 Å². The van der Waals surface area contributed by atoms with Crippen molar-refractivity contribution in [1.29, 1.82) is 0 Å². The lowest BCUT2D eigenvalue weighted by atomic mass is 10.1. The smallest absolute Gasteiger partial charge is 0.350 e. The maximum Gasteiger partial charge on any atom is 0.350 e. The number of hydrogen-bond donors (Lipinski definition) is 9. The van der Waals surface area contributed by atoms with Crippen molar-refractivity contribution < 1.29 is 47.2 Å². The summed E-state index contributed by atoms with van der Waals surface area (Å²) in [6, 6.07) is -4.90. The number of carbonyl (C=O) groups excluding carboxylic acids is 2. The van der Waals surface area contributed by atoms with Crippen LogP contribution in [-0.2, 0) is 34.3 Å². The molecule has 0 aliphatic carbocycles. The molecule has 0 saturated heterocycles. The van der Waals surface area contributed by atoms with Gasteiger partial charge < -0.3 is 42.9 Å². The van der Waals surface area contributed by atoms with Crippen LogP contribution >= 0.6 is 11.3 Å². The number of nitrogens with one attached hydrogen (secondary N) is 3. The molecule has 0 aliphatic heterocycles. The van der Waals surface area contributed by atoms with Crippen molar-refractivity contribution in [2.75, 3.05) is 12.3 Å². The van der Waals surface area contributed by atoms with Gasteiger partial charge in [0.25, 0.3) is 5.91 Å². The minimum absolute atomic E-state index is 0.00581. The molecule has 21 heteroatoms. The van der Waals surface area contributed by atoms with Crippen molar-refractivity contribution in [2.24, 2.45) is 21.6 Å². The van der Waals surface area contributed by atoms with Gasteiger partial charge in [0.15, 0.2) is 16.8 Å². The topological polar surface area (TPSA) is 324 Å². The third-order valence-corrected chi connectivity index (χ3v) is 6.17. The van der Waals surface area contributed by atoms with E-state index < -0.39 is 63.5 Å². The largest absolute Gasteiger partial charge is 0.480 e. The van der Waals surface area contributed by atoms with Gasteiger partial charge in [-0.25, -0.2) is 14.6 Å². The van der Waals surface area contributed by atoms with Gasteiger partial charge in [0.2, 0.25) is 11.5 Å². The van der Waals surface area contributed by atoms with Crippen molar-refractivity contribution in [2.45, 2.75) is 57.3 Å². The molecule has 1 rings (SSSR count). The predicted octanol–water partition coefficient (Wildman–Crippen LogP) is -2.80. The van der Waals surface area contributed by atoms with Crippen molar-refractivity contribution in [1.82, 2.24) is 20.3 Å². The molecule has 1 unspecified atom stereocenters. The van der Waals surface area contributed by atoms with Gasteiger partial charge in [-0.1, -0.05) is 5.16 Å². The number of nitrogens with zero attached hydrogens (tertiary/aromatic N) is 3. The number of oxime groups is 1. The fourth-order valence-corrected chi connectivity index (χ4v) is 3.91. The van der Waals surface area contributed by atoms with Crippen molar-refractivity contribution in [3.8, 4) is 0 Å². The molecule has 40 heavy (non-hydrogen) atoms. The summed E-state index contributed by atoms with van der Waals surface area (Å²) in [7, 11) is -4.90. The number of anilines is 1. The molecule has 0 aliphatic rings. The number of carboxylic acid groups (broad SMARTS) is 2. The van der Waals surface area contributed by atoms with E-state index in [0.717, 1.165) is 32.1 Å². The Bertz CT molecular complexity index is 1260. The van der Waals surface area contributed by atoms with Gasteiger partial charge >= 0.3 is 22.2 Å². The molecule has 0 spiro atoms. The number of carboxylic acids is 2. The number of nitrogen functional groups attached to an aromatic ring is 1. The summed E-state index contributed by atoms with van der Waals surface area (Å²) in [5.74, 6) is -5.50. The lowest BCUT2D eigenvalue weighted by Gasteiger charge is -2.26. The van der Waals surface area contributed by atoms with Gasteiger partial charge in [-0.3, -0.25) is 19.1 Å². The van der Waals surface area contributed by atoms with Gasteiger partial charge in [0, 0.05) is 11.9 Å². The SMILES string of the molecule is C[C@H](NS(=O)(=O)O)[C@H](NC(=O)/C(=N\OC(C)(C)C(=O)O)c1csc(N)n1)C(=O)NC(CCCN=C(N)N)C(=O)O. The number of nitrogens with two attached hydrogens (primary N) is 3. The van der Waals surface area contributed by atoms with E-state index in [2.05, 4.69) is 25.8 Å². The van der Waals surface area contributed by atoms with E-state index in [1.54, 1.807) is 4.72 Å². The minimum atomic E-state index is -4.90. The Labute approximate surface area is 232 Å². The standard InChI is InChI=1S/C19H31N9O10S2/c1-8(28-40(35,36)37)11(13(29)24-9(15(31)32)5-4-6-23-17(20)21)26-14(30)12(10-7-39-18(22)25-10)27-38-19(2,3)16(33)34/h7-9,11,28H,4-6H2,1-3H3,(H2,22,25)(H,24,29)(H,26,30)(H,31,32)(H,33,34)(H4,20,21,23)(H,35,36,37)/b27-12-/t8-,9?,11-/m0/s1. The highest BCUT2D eigenvalue weighted by molar-refractivity contribution is 7.83. The normalized spacial score (nSPS) is 14.3. The van der Waals surface area contributed by atoms with E-state index >= 15 is 0 Å². The van der Waals surface area contributed by atoms with Crippen molar-refractivity contribution in [3.05, 3.63) is 11.1 Å². The van der Waals surface area contributed by atoms with Crippen LogP contribution in [0.15, 0.2) is 15.5 Å². The van der Waals surface area contributed by atoms with Gasteiger partial charge in [-0.2, -0.15) is 13.1 Å². The molecule has 0 fully saturated rings. The van der Waals surface area contributed by atoms with Crippen LogP contribution in [0.1, 0.15) is 39.3 Å². The molecular weight excluding hydrogens is 578 g/mol. The quantitative estimate of drug-likeness (QED) is 0.0300. The van der Waals surface area contributed by atoms with Crippen molar-refractivity contribution in [3.63, 3.8) is 0 Å². The first-order chi connectivity index (χ1) is 18.3. The highest BCUT2D eigenvalue weighted by Gasteiger charge is 2.35. The number of thiazole rings is 1. The molecule has 2 amide bonds. The first-order valence-electron chi connectivity index (χ1n) is 11.2. The average molecular weight is 610 g/mol. The number of rotatable bonds is 16. The zero-order valence-electron chi connectivity index (χ0n) is 21.5. The Kier molecular flexibility index (Phi) is 12.2. The summed E-state index contributed by atoms with van der Waals surface area (Å²) in [4.78, 5) is 61.9. The highest BCUT2D eigenvalue weighted by Crippen LogP contribution is 2.15. The highest BCUT2D eigenvalue weighted by atomic mass is 32.2. The summed E-state index contributed by atoms with van der Waals surface area (Å²) in [6.45, 7) is 3.41. The Hall–Kier alpha value is -4.08. The van der Waals surface area contributed by atoms with Gasteiger partial charge in [0.05, 0.1) is 6.04 Å². The second-order valence-electron chi connectivity index (χ2n) is 8.60. The summed E-state index contributed by atoms with van der Waals surface area (Å²) in [5.41, 5.74) is 13.3. The molecule has 0 bridgehead atoms. The third kappa shape index (κ3) is 11.3. The first kappa shape index (κ1) is 33.9. The molecular formula is C19H31N9O10S2. The van der Waals surface area contributed by atoms with E-state index in [1.165, 1.54) is 5.38 Å².